The molecule has 0 bridgehead atoms. The van der Waals surface area contributed by atoms with Crippen molar-refractivity contribution in [3.8, 4) is 5.75 Å². The van der Waals surface area contributed by atoms with Crippen molar-refractivity contribution in [3.05, 3.63) is 65.7 Å². The summed E-state index contributed by atoms with van der Waals surface area (Å²) >= 11 is 0. The highest BCUT2D eigenvalue weighted by molar-refractivity contribution is 5.92. The number of nitrogens with zero attached hydrogens (tertiary/aromatic N) is 2. The van der Waals surface area contributed by atoms with Gasteiger partial charge in [0.2, 0.25) is 6.10 Å². The van der Waals surface area contributed by atoms with E-state index in [0.29, 0.717) is 16.9 Å². The van der Waals surface area contributed by atoms with Crippen LogP contribution in [-0.4, -0.2) is 60.4 Å². The maximum Gasteiger partial charge on any atom is 0.339 e. The Morgan fingerprint density at radius 2 is 1.58 bits per heavy atom. The van der Waals surface area contributed by atoms with Gasteiger partial charge in [0.15, 0.2) is 6.61 Å². The highest BCUT2D eigenvalue weighted by Gasteiger charge is 2.29. The summed E-state index contributed by atoms with van der Waals surface area (Å²) in [6.45, 7) is 4.08. The summed E-state index contributed by atoms with van der Waals surface area (Å²) in [6, 6.07) is 15.7. The molecule has 1 saturated heterocycles. The molecule has 1 fully saturated rings. The van der Waals surface area contributed by atoms with Crippen molar-refractivity contribution < 1.29 is 23.9 Å². The largest absolute Gasteiger partial charge is 0.484 e. The molecule has 3 rings (SSSR count). The average Bonchev–Trinajstić information content (AvgIpc) is 2.81. The lowest BCUT2D eigenvalue weighted by Crippen LogP contribution is -2.49. The zero-order chi connectivity index (χ0) is 24.0. The smallest absolute Gasteiger partial charge is 0.339 e. The van der Waals surface area contributed by atoms with E-state index >= 15 is 0 Å². The number of esters is 1. The normalized spacial score (nSPS) is 18.8. The topological polar surface area (TPSA) is 76.1 Å². The molecular weight excluding hydrogens is 420 g/mol. The standard InChI is InChI=1S/C26H32N2O5/c1-18-9-8-10-19(2)28(18)23(29)17-32-22-15-13-21(14-16-22)26(31)33-24(25(30)27(3)4)20-11-6-5-7-12-20/h5-7,11-16,18-19,24H,8-10,17H2,1-4H3. The zero-order valence-corrected chi connectivity index (χ0v) is 19.7. The van der Waals surface area contributed by atoms with Crippen molar-refractivity contribution in [3.63, 3.8) is 0 Å². The highest BCUT2D eigenvalue weighted by Crippen LogP contribution is 2.24. The summed E-state index contributed by atoms with van der Waals surface area (Å²) in [7, 11) is 3.23. The molecule has 7 heteroatoms. The van der Waals surface area contributed by atoms with Gasteiger partial charge in [-0.2, -0.15) is 0 Å². The van der Waals surface area contributed by atoms with Crippen molar-refractivity contribution in [1.29, 1.82) is 0 Å². The quantitative estimate of drug-likeness (QED) is 0.597. The van der Waals surface area contributed by atoms with Crippen molar-refractivity contribution in [2.75, 3.05) is 20.7 Å². The van der Waals surface area contributed by atoms with E-state index in [0.717, 1.165) is 19.3 Å². The van der Waals surface area contributed by atoms with Crippen molar-refractivity contribution >= 4 is 17.8 Å². The third kappa shape index (κ3) is 6.12. The number of hydrogen-bond acceptors (Lipinski definition) is 5. The van der Waals surface area contributed by atoms with Gasteiger partial charge >= 0.3 is 5.97 Å². The summed E-state index contributed by atoms with van der Waals surface area (Å²) in [5, 5.41) is 0. The Labute approximate surface area is 195 Å². The van der Waals surface area contributed by atoms with Gasteiger partial charge < -0.3 is 19.3 Å². The van der Waals surface area contributed by atoms with E-state index in [1.807, 2.05) is 11.0 Å². The Kier molecular flexibility index (Phi) is 8.09. The Bertz CT molecular complexity index is 948. The molecule has 2 aromatic carbocycles. The Hall–Kier alpha value is -3.35. The SMILES string of the molecule is CC1CCCC(C)N1C(=O)COc1ccc(C(=O)OC(C(=O)N(C)C)c2ccccc2)cc1. The van der Waals surface area contributed by atoms with Gasteiger partial charge in [0.1, 0.15) is 5.75 Å². The first-order valence-electron chi connectivity index (χ1n) is 11.3. The summed E-state index contributed by atoms with van der Waals surface area (Å²) in [4.78, 5) is 41.2. The van der Waals surface area contributed by atoms with Crippen LogP contribution in [0, 0.1) is 0 Å². The second-order valence-electron chi connectivity index (χ2n) is 8.67. The molecule has 0 aliphatic carbocycles. The molecule has 0 radical (unpaired) electrons. The highest BCUT2D eigenvalue weighted by atomic mass is 16.5. The number of carbonyl (C=O) groups is 3. The maximum absolute atomic E-state index is 12.7. The summed E-state index contributed by atoms with van der Waals surface area (Å²) in [5.41, 5.74) is 0.892. The Morgan fingerprint density at radius 3 is 2.15 bits per heavy atom. The molecule has 2 aromatic rings. The number of piperidine rings is 1. The van der Waals surface area contributed by atoms with Crippen molar-refractivity contribution in [2.45, 2.75) is 51.3 Å². The summed E-state index contributed by atoms with van der Waals surface area (Å²) < 4.78 is 11.2. The van der Waals surface area contributed by atoms with Crippen LogP contribution in [0.5, 0.6) is 5.75 Å². The van der Waals surface area contributed by atoms with Gasteiger partial charge in [0.05, 0.1) is 5.56 Å². The van der Waals surface area contributed by atoms with E-state index in [2.05, 4.69) is 13.8 Å². The van der Waals surface area contributed by atoms with E-state index in [4.69, 9.17) is 9.47 Å². The van der Waals surface area contributed by atoms with Crippen LogP contribution in [0.15, 0.2) is 54.6 Å². The number of likely N-dealkylation sites (N-methyl/N-ethyl adjacent to an activating group) is 1. The molecule has 1 aliphatic rings. The molecule has 7 nitrogen and oxygen atoms in total. The minimum Gasteiger partial charge on any atom is -0.484 e. The van der Waals surface area contributed by atoms with Crippen LogP contribution in [0.25, 0.3) is 0 Å². The van der Waals surface area contributed by atoms with Gasteiger partial charge in [-0.15, -0.1) is 0 Å². The molecule has 3 atom stereocenters. The van der Waals surface area contributed by atoms with E-state index < -0.39 is 12.1 Å². The predicted octanol–water partition coefficient (Wildman–Crippen LogP) is 3.84. The number of hydrogen-bond donors (Lipinski definition) is 0. The monoisotopic (exact) mass is 452 g/mol. The molecule has 1 aliphatic heterocycles. The van der Waals surface area contributed by atoms with Crippen molar-refractivity contribution in [2.24, 2.45) is 0 Å². The first kappa shape index (κ1) is 24.3. The van der Waals surface area contributed by atoms with E-state index in [1.54, 1.807) is 62.6 Å². The van der Waals surface area contributed by atoms with Crippen LogP contribution in [0.1, 0.15) is 55.1 Å². The van der Waals surface area contributed by atoms with E-state index in [9.17, 15) is 14.4 Å². The Balaban J connectivity index is 1.62. The van der Waals surface area contributed by atoms with Crippen LogP contribution in [0.4, 0.5) is 0 Å². The van der Waals surface area contributed by atoms with Crippen molar-refractivity contribution in [1.82, 2.24) is 9.80 Å². The lowest BCUT2D eigenvalue weighted by molar-refractivity contribution is -0.139. The minimum atomic E-state index is -1.03. The third-order valence-corrected chi connectivity index (χ3v) is 5.93. The summed E-state index contributed by atoms with van der Waals surface area (Å²) in [6.07, 6.45) is 2.12. The number of carbonyl (C=O) groups excluding carboxylic acids is 3. The first-order valence-corrected chi connectivity index (χ1v) is 11.3. The molecule has 33 heavy (non-hydrogen) atoms. The first-order chi connectivity index (χ1) is 15.8. The minimum absolute atomic E-state index is 0.0360. The lowest BCUT2D eigenvalue weighted by Gasteiger charge is -2.38. The fourth-order valence-corrected chi connectivity index (χ4v) is 4.12. The Morgan fingerprint density at radius 1 is 0.970 bits per heavy atom. The molecule has 0 spiro atoms. The molecule has 0 N–H and O–H groups in total. The molecule has 0 aromatic heterocycles. The molecule has 0 saturated carbocycles. The third-order valence-electron chi connectivity index (χ3n) is 5.93. The fraction of sp³-hybridized carbons (Fsp3) is 0.423. The van der Waals surface area contributed by atoms with Crippen LogP contribution in [0.3, 0.4) is 0 Å². The predicted molar refractivity (Wildman–Crippen MR) is 125 cm³/mol. The van der Waals surface area contributed by atoms with E-state index in [-0.39, 0.29) is 30.5 Å². The van der Waals surface area contributed by atoms with Crippen LogP contribution >= 0.6 is 0 Å². The number of amides is 2. The zero-order valence-electron chi connectivity index (χ0n) is 19.7. The molecule has 3 unspecified atom stereocenters. The maximum atomic E-state index is 12.7. The molecule has 1 heterocycles. The van der Waals surface area contributed by atoms with Gasteiger partial charge in [-0.1, -0.05) is 30.3 Å². The van der Waals surface area contributed by atoms with Gasteiger partial charge in [0, 0.05) is 31.7 Å². The van der Waals surface area contributed by atoms with Crippen LogP contribution in [-0.2, 0) is 14.3 Å². The molecule has 176 valence electrons. The fourth-order valence-electron chi connectivity index (χ4n) is 4.12. The van der Waals surface area contributed by atoms with Gasteiger partial charge in [-0.3, -0.25) is 9.59 Å². The van der Waals surface area contributed by atoms with Gasteiger partial charge in [-0.25, -0.2) is 4.79 Å². The molecule has 2 amide bonds. The average molecular weight is 453 g/mol. The van der Waals surface area contributed by atoms with E-state index in [1.165, 1.54) is 4.90 Å². The second kappa shape index (κ2) is 11.0. The number of benzene rings is 2. The number of ether oxygens (including phenoxy) is 2. The number of rotatable bonds is 7. The summed E-state index contributed by atoms with van der Waals surface area (Å²) in [5.74, 6) is -0.487. The molecular formula is C26H32N2O5. The second-order valence-corrected chi connectivity index (χ2v) is 8.67. The lowest BCUT2D eigenvalue weighted by atomic mass is 9.97. The van der Waals surface area contributed by atoms with Gasteiger partial charge in [0.25, 0.3) is 11.8 Å². The van der Waals surface area contributed by atoms with Crippen LogP contribution in [0.2, 0.25) is 0 Å². The van der Waals surface area contributed by atoms with Crippen LogP contribution < -0.4 is 4.74 Å². The number of likely N-dealkylation sites (tertiary alicyclic amines) is 1. The van der Waals surface area contributed by atoms with Gasteiger partial charge in [-0.05, 0) is 57.4 Å².